The maximum Gasteiger partial charge on any atom is 0.387 e. The third-order valence-electron chi connectivity index (χ3n) is 3.81. The van der Waals surface area contributed by atoms with Gasteiger partial charge in [0.2, 0.25) is 0 Å². The molecule has 2 aromatic rings. The van der Waals surface area contributed by atoms with E-state index in [1.165, 1.54) is 6.07 Å². The zero-order valence-corrected chi connectivity index (χ0v) is 15.6. The second-order valence-electron chi connectivity index (χ2n) is 6.22. The first-order chi connectivity index (χ1) is 12.8. The van der Waals surface area contributed by atoms with Crippen LogP contribution in [0.5, 0.6) is 5.75 Å². The molecule has 0 saturated carbocycles. The molecule has 0 aliphatic carbocycles. The van der Waals surface area contributed by atoms with E-state index in [0.717, 1.165) is 0 Å². The van der Waals surface area contributed by atoms with Gasteiger partial charge >= 0.3 is 6.61 Å². The number of aryl methyl sites for hydroxylation is 1. The van der Waals surface area contributed by atoms with Gasteiger partial charge in [0.05, 0.1) is 13.1 Å². The van der Waals surface area contributed by atoms with Crippen LogP contribution in [-0.4, -0.2) is 30.8 Å². The highest BCUT2D eigenvalue weighted by Crippen LogP contribution is 2.22. The van der Waals surface area contributed by atoms with Gasteiger partial charge in [-0.05, 0) is 39.0 Å². The highest BCUT2D eigenvalue weighted by molar-refractivity contribution is 5.79. The third-order valence-corrected chi connectivity index (χ3v) is 3.81. The molecule has 0 aliphatic heterocycles. The Morgan fingerprint density at radius 1 is 1.26 bits per heavy atom. The molecule has 1 aromatic carbocycles. The van der Waals surface area contributed by atoms with Gasteiger partial charge in [0.1, 0.15) is 22.9 Å². The highest BCUT2D eigenvalue weighted by atomic mass is 19.3. The van der Waals surface area contributed by atoms with Crippen molar-refractivity contribution in [3.05, 3.63) is 53.5 Å². The van der Waals surface area contributed by atoms with Crippen molar-refractivity contribution in [3.8, 4) is 5.75 Å². The average molecular weight is 381 g/mol. The van der Waals surface area contributed by atoms with Crippen LogP contribution in [-0.2, 0) is 12.1 Å². The van der Waals surface area contributed by atoms with Crippen LogP contribution in [0.4, 0.5) is 8.78 Å². The van der Waals surface area contributed by atoms with E-state index in [1.54, 1.807) is 44.2 Å². The Morgan fingerprint density at radius 2 is 2.00 bits per heavy atom. The van der Waals surface area contributed by atoms with Gasteiger partial charge in [-0.3, -0.25) is 0 Å². The Hall–Kier alpha value is -2.61. The summed E-state index contributed by atoms with van der Waals surface area (Å²) < 4.78 is 35.0. The molecule has 0 saturated heterocycles. The van der Waals surface area contributed by atoms with Crippen LogP contribution < -0.4 is 15.4 Å². The minimum atomic E-state index is -2.90. The molecular formula is C19H25F2N3O3. The predicted octanol–water partition coefficient (Wildman–Crippen LogP) is 3.15. The monoisotopic (exact) mass is 381 g/mol. The number of alkyl halides is 2. The summed E-state index contributed by atoms with van der Waals surface area (Å²) in [5.74, 6) is 1.68. The van der Waals surface area contributed by atoms with Crippen molar-refractivity contribution in [3.63, 3.8) is 0 Å². The molecule has 1 aromatic heterocycles. The fourth-order valence-electron chi connectivity index (χ4n) is 2.42. The SMILES string of the molecule is CCNC(=NCc1ccccc1OC(F)F)NCC(C)(O)c1ccc(C)o1. The molecule has 0 amide bonds. The van der Waals surface area contributed by atoms with Crippen molar-refractivity contribution in [2.45, 2.75) is 39.5 Å². The van der Waals surface area contributed by atoms with Crippen LogP contribution in [0.15, 0.2) is 45.8 Å². The van der Waals surface area contributed by atoms with Crippen molar-refractivity contribution >= 4 is 5.96 Å². The molecule has 3 N–H and O–H groups in total. The summed E-state index contributed by atoms with van der Waals surface area (Å²) in [5.41, 5.74) is -0.704. The van der Waals surface area contributed by atoms with Gasteiger partial charge in [0.15, 0.2) is 5.96 Å². The largest absolute Gasteiger partial charge is 0.463 e. The maximum absolute atomic E-state index is 12.5. The lowest BCUT2D eigenvalue weighted by molar-refractivity contribution is -0.0504. The highest BCUT2D eigenvalue weighted by Gasteiger charge is 2.27. The number of nitrogens with one attached hydrogen (secondary N) is 2. The zero-order valence-electron chi connectivity index (χ0n) is 15.6. The summed E-state index contributed by atoms with van der Waals surface area (Å²) >= 11 is 0. The number of nitrogens with zero attached hydrogens (tertiary/aromatic N) is 1. The number of ether oxygens (including phenoxy) is 1. The van der Waals surface area contributed by atoms with E-state index in [1.807, 2.05) is 6.92 Å². The van der Waals surface area contributed by atoms with E-state index in [9.17, 15) is 13.9 Å². The van der Waals surface area contributed by atoms with Crippen LogP contribution >= 0.6 is 0 Å². The fraction of sp³-hybridized carbons (Fsp3) is 0.421. The van der Waals surface area contributed by atoms with Crippen LogP contribution in [0.25, 0.3) is 0 Å². The van der Waals surface area contributed by atoms with Crippen LogP contribution in [0.1, 0.15) is 30.9 Å². The molecule has 27 heavy (non-hydrogen) atoms. The molecule has 0 aliphatic rings. The lowest BCUT2D eigenvalue weighted by Crippen LogP contribution is -2.44. The van der Waals surface area contributed by atoms with E-state index in [2.05, 4.69) is 20.4 Å². The lowest BCUT2D eigenvalue weighted by atomic mass is 10.0. The number of hydrogen-bond donors (Lipinski definition) is 3. The third kappa shape index (κ3) is 6.25. The molecule has 1 heterocycles. The van der Waals surface area contributed by atoms with E-state index >= 15 is 0 Å². The summed E-state index contributed by atoms with van der Waals surface area (Å²) in [6.45, 7) is 3.34. The molecule has 0 spiro atoms. The number of halogens is 2. The maximum atomic E-state index is 12.5. The molecule has 6 nitrogen and oxygen atoms in total. The Kier molecular flexibility index (Phi) is 7.18. The van der Waals surface area contributed by atoms with Crippen LogP contribution in [0.3, 0.4) is 0 Å². The predicted molar refractivity (Wildman–Crippen MR) is 98.9 cm³/mol. The van der Waals surface area contributed by atoms with Crippen LogP contribution in [0.2, 0.25) is 0 Å². The molecule has 8 heteroatoms. The summed E-state index contributed by atoms with van der Waals surface area (Å²) in [4.78, 5) is 4.38. The standard InChI is InChI=1S/C19H25F2N3O3/c1-4-22-18(24-12-19(3,25)16-10-9-13(2)26-16)23-11-14-7-5-6-8-15(14)27-17(20)21/h5-10,17,25H,4,11-12H2,1-3H3,(H2,22,23,24). The fourth-order valence-corrected chi connectivity index (χ4v) is 2.42. The Labute approximate surface area is 157 Å². The number of benzene rings is 1. The number of aliphatic imine (C=N–C) groups is 1. The normalized spacial score (nSPS) is 14.1. The van der Waals surface area contributed by atoms with E-state index in [-0.39, 0.29) is 18.8 Å². The van der Waals surface area contributed by atoms with E-state index in [4.69, 9.17) is 4.42 Å². The van der Waals surface area contributed by atoms with Crippen molar-refractivity contribution in [1.82, 2.24) is 10.6 Å². The smallest absolute Gasteiger partial charge is 0.387 e. The van der Waals surface area contributed by atoms with Crippen molar-refractivity contribution in [1.29, 1.82) is 0 Å². The second kappa shape index (κ2) is 9.36. The molecule has 148 valence electrons. The lowest BCUT2D eigenvalue weighted by Gasteiger charge is -2.23. The van der Waals surface area contributed by atoms with Crippen molar-refractivity contribution in [2.24, 2.45) is 4.99 Å². The Balaban J connectivity index is 2.06. The van der Waals surface area contributed by atoms with Gasteiger partial charge < -0.3 is 24.9 Å². The number of para-hydroxylation sites is 1. The summed E-state index contributed by atoms with van der Waals surface area (Å²) in [6.07, 6.45) is 0. The van der Waals surface area contributed by atoms with Gasteiger partial charge in [0, 0.05) is 12.1 Å². The number of furan rings is 1. The van der Waals surface area contributed by atoms with Crippen molar-refractivity contribution in [2.75, 3.05) is 13.1 Å². The quantitative estimate of drug-likeness (QED) is 0.484. The molecule has 1 atom stereocenters. The Bertz CT molecular complexity index is 760. The van der Waals surface area contributed by atoms with Gasteiger partial charge in [-0.2, -0.15) is 8.78 Å². The van der Waals surface area contributed by atoms with Gasteiger partial charge in [-0.1, -0.05) is 18.2 Å². The Morgan fingerprint density at radius 3 is 2.63 bits per heavy atom. The molecule has 0 fully saturated rings. The van der Waals surface area contributed by atoms with Crippen molar-refractivity contribution < 1.29 is 23.0 Å². The molecule has 2 rings (SSSR count). The molecule has 0 radical (unpaired) electrons. The topological polar surface area (TPSA) is 79.0 Å². The first-order valence-electron chi connectivity index (χ1n) is 8.66. The summed E-state index contributed by atoms with van der Waals surface area (Å²) in [5, 5.41) is 16.7. The molecule has 1 unspecified atom stereocenters. The first-order valence-corrected chi connectivity index (χ1v) is 8.66. The van der Waals surface area contributed by atoms with Gasteiger partial charge in [-0.15, -0.1) is 0 Å². The zero-order chi connectivity index (χ0) is 19.9. The number of rotatable bonds is 8. The minimum Gasteiger partial charge on any atom is -0.463 e. The molecular weight excluding hydrogens is 356 g/mol. The summed E-state index contributed by atoms with van der Waals surface area (Å²) in [7, 11) is 0. The van der Waals surface area contributed by atoms with E-state index < -0.39 is 12.2 Å². The second-order valence-corrected chi connectivity index (χ2v) is 6.22. The molecule has 0 bridgehead atoms. The number of guanidine groups is 1. The van der Waals surface area contributed by atoms with Gasteiger partial charge in [0.25, 0.3) is 0 Å². The van der Waals surface area contributed by atoms with Gasteiger partial charge in [-0.25, -0.2) is 4.99 Å². The minimum absolute atomic E-state index is 0.0881. The van der Waals surface area contributed by atoms with E-state index in [0.29, 0.717) is 29.6 Å². The average Bonchev–Trinajstić information content (AvgIpc) is 3.05. The first kappa shape index (κ1) is 20.7. The summed E-state index contributed by atoms with van der Waals surface area (Å²) in [6, 6.07) is 10.0. The number of aliphatic hydroxyl groups is 1. The number of hydrogen-bond acceptors (Lipinski definition) is 4. The van der Waals surface area contributed by atoms with Crippen LogP contribution in [0, 0.1) is 6.92 Å².